The molecule has 0 saturated carbocycles. The lowest BCUT2D eigenvalue weighted by molar-refractivity contribution is 0.0759. The number of H-pyrrole nitrogens is 1. The fourth-order valence-corrected chi connectivity index (χ4v) is 5.84. The Morgan fingerprint density at radius 3 is 2.34 bits per heavy atom. The molecule has 178 valence electrons. The number of fused-ring (bicyclic) bond motifs is 4. The molecule has 7 nitrogen and oxygen atoms in total. The summed E-state index contributed by atoms with van der Waals surface area (Å²) in [6.45, 7) is 2.45. The van der Waals surface area contributed by atoms with E-state index in [0.29, 0.717) is 41.9 Å². The predicted molar refractivity (Wildman–Crippen MR) is 135 cm³/mol. The quantitative estimate of drug-likeness (QED) is 0.403. The van der Waals surface area contributed by atoms with Crippen LogP contribution in [0.4, 0.5) is 4.79 Å². The maximum absolute atomic E-state index is 13.2. The lowest BCUT2D eigenvalue weighted by atomic mass is 10.0. The summed E-state index contributed by atoms with van der Waals surface area (Å²) in [6, 6.07) is 15.0. The van der Waals surface area contributed by atoms with Crippen LogP contribution in [-0.2, 0) is 11.3 Å². The van der Waals surface area contributed by atoms with Crippen LogP contribution in [0.5, 0.6) is 0 Å². The van der Waals surface area contributed by atoms with Crippen LogP contribution in [0.3, 0.4) is 0 Å². The number of para-hydroxylation sites is 1. The number of likely N-dealkylation sites (tertiary alicyclic amines) is 2. The van der Waals surface area contributed by atoms with Gasteiger partial charge in [0.05, 0.1) is 11.7 Å². The summed E-state index contributed by atoms with van der Waals surface area (Å²) < 4.78 is 5.48. The van der Waals surface area contributed by atoms with Gasteiger partial charge in [-0.3, -0.25) is 4.79 Å². The topological polar surface area (TPSA) is 78.5 Å². The molecule has 35 heavy (non-hydrogen) atoms. The lowest BCUT2D eigenvalue weighted by Crippen LogP contribution is -2.36. The number of halogens is 2. The maximum atomic E-state index is 13.2. The first kappa shape index (κ1) is 22.2. The molecule has 6 rings (SSSR count). The number of nitrogens with one attached hydrogen (secondary N) is 1. The molecule has 0 spiro atoms. The largest absolute Gasteiger partial charge is 0.445 e. The van der Waals surface area contributed by atoms with E-state index in [0.717, 1.165) is 27.4 Å². The number of carbonyl (C=O) groups excluding carboxylic acids is 2. The predicted octanol–water partition coefficient (Wildman–Crippen LogP) is 5.36. The summed E-state index contributed by atoms with van der Waals surface area (Å²) in [7, 11) is 0. The van der Waals surface area contributed by atoms with Crippen molar-refractivity contribution in [3.05, 3.63) is 76.0 Å². The molecule has 2 saturated heterocycles. The smallest absolute Gasteiger partial charge is 0.410 e. The second-order valence-electron chi connectivity index (χ2n) is 9.25. The van der Waals surface area contributed by atoms with E-state index in [4.69, 9.17) is 27.9 Å². The summed E-state index contributed by atoms with van der Waals surface area (Å²) in [5.41, 5.74) is 3.12. The second-order valence-corrected chi connectivity index (χ2v) is 10.1. The van der Waals surface area contributed by atoms with Crippen LogP contribution < -0.4 is 0 Å². The normalized spacial score (nSPS) is 19.5. The van der Waals surface area contributed by atoms with Crippen molar-refractivity contribution >= 4 is 57.0 Å². The molecular weight excluding hydrogens is 487 g/mol. The van der Waals surface area contributed by atoms with E-state index in [1.807, 2.05) is 35.2 Å². The van der Waals surface area contributed by atoms with Crippen molar-refractivity contribution < 1.29 is 14.3 Å². The Kier molecular flexibility index (Phi) is 5.54. The third kappa shape index (κ3) is 4.19. The monoisotopic (exact) mass is 508 g/mol. The number of aromatic amines is 1. The number of benzene rings is 2. The Balaban J connectivity index is 1.09. The Morgan fingerprint density at radius 2 is 1.60 bits per heavy atom. The van der Waals surface area contributed by atoms with Gasteiger partial charge < -0.3 is 19.5 Å². The van der Waals surface area contributed by atoms with Gasteiger partial charge in [0.1, 0.15) is 12.3 Å². The minimum absolute atomic E-state index is 0.0708. The van der Waals surface area contributed by atoms with E-state index in [-0.39, 0.29) is 30.4 Å². The summed E-state index contributed by atoms with van der Waals surface area (Å²) in [5.74, 6) is 0.381. The minimum Gasteiger partial charge on any atom is -0.445 e. The van der Waals surface area contributed by atoms with E-state index in [1.54, 1.807) is 29.3 Å². The van der Waals surface area contributed by atoms with Crippen LogP contribution in [0.2, 0.25) is 10.0 Å². The fraction of sp³-hybridized carbons (Fsp3) is 0.269. The SMILES string of the molecule is O=C(OCc1cc(Cl)cc(Cl)c1)N1CC2CN(C(=O)c3cc4c(cn3)[nH]c3ccccc34)CC2C1. The fourth-order valence-electron chi connectivity index (χ4n) is 5.27. The molecule has 0 bridgehead atoms. The molecule has 2 aromatic carbocycles. The van der Waals surface area contributed by atoms with Crippen LogP contribution in [0.25, 0.3) is 21.8 Å². The number of aromatic nitrogens is 2. The number of pyridine rings is 1. The van der Waals surface area contributed by atoms with Crippen molar-refractivity contribution in [2.75, 3.05) is 26.2 Å². The van der Waals surface area contributed by atoms with Crippen molar-refractivity contribution in [2.45, 2.75) is 6.61 Å². The molecule has 4 heterocycles. The summed E-state index contributed by atoms with van der Waals surface area (Å²) in [4.78, 5) is 37.2. The van der Waals surface area contributed by atoms with Gasteiger partial charge in [0, 0.05) is 64.3 Å². The van der Waals surface area contributed by atoms with E-state index < -0.39 is 0 Å². The molecule has 2 aliphatic heterocycles. The lowest BCUT2D eigenvalue weighted by Gasteiger charge is -2.21. The first-order valence-corrected chi connectivity index (χ1v) is 12.2. The van der Waals surface area contributed by atoms with Crippen LogP contribution >= 0.6 is 23.2 Å². The van der Waals surface area contributed by atoms with E-state index >= 15 is 0 Å². The zero-order valence-corrected chi connectivity index (χ0v) is 20.2. The van der Waals surface area contributed by atoms with Crippen LogP contribution in [0.15, 0.2) is 54.7 Å². The number of hydrogen-bond donors (Lipinski definition) is 1. The highest BCUT2D eigenvalue weighted by atomic mass is 35.5. The number of ether oxygens (including phenoxy) is 1. The molecule has 0 radical (unpaired) electrons. The van der Waals surface area contributed by atoms with Gasteiger partial charge in [0.2, 0.25) is 0 Å². The van der Waals surface area contributed by atoms with Gasteiger partial charge in [-0.2, -0.15) is 0 Å². The molecule has 9 heteroatoms. The number of nitrogens with zero attached hydrogens (tertiary/aromatic N) is 3. The van der Waals surface area contributed by atoms with Crippen molar-refractivity contribution in [1.29, 1.82) is 0 Å². The Bertz CT molecular complexity index is 1440. The molecule has 2 amide bonds. The highest BCUT2D eigenvalue weighted by molar-refractivity contribution is 6.34. The molecule has 2 fully saturated rings. The van der Waals surface area contributed by atoms with Gasteiger partial charge in [-0.15, -0.1) is 0 Å². The summed E-state index contributed by atoms with van der Waals surface area (Å²) in [5, 5.41) is 3.07. The third-order valence-electron chi connectivity index (χ3n) is 6.93. The zero-order valence-electron chi connectivity index (χ0n) is 18.7. The van der Waals surface area contributed by atoms with Gasteiger partial charge in [0.25, 0.3) is 5.91 Å². The molecular formula is C26H22Cl2N4O3. The Hall–Kier alpha value is -3.29. The molecule has 2 aliphatic rings. The summed E-state index contributed by atoms with van der Waals surface area (Å²) >= 11 is 12.0. The Labute approximate surface area is 211 Å². The van der Waals surface area contributed by atoms with E-state index in [2.05, 4.69) is 9.97 Å². The highest BCUT2D eigenvalue weighted by Gasteiger charge is 2.43. The van der Waals surface area contributed by atoms with Crippen molar-refractivity contribution in [2.24, 2.45) is 11.8 Å². The first-order chi connectivity index (χ1) is 16.9. The molecule has 1 N–H and O–H groups in total. The zero-order chi connectivity index (χ0) is 24.1. The number of rotatable bonds is 3. The van der Waals surface area contributed by atoms with Crippen LogP contribution in [0.1, 0.15) is 16.1 Å². The highest BCUT2D eigenvalue weighted by Crippen LogP contribution is 2.33. The second kappa shape index (κ2) is 8.73. The number of hydrogen-bond acceptors (Lipinski definition) is 4. The van der Waals surface area contributed by atoms with E-state index in [9.17, 15) is 9.59 Å². The van der Waals surface area contributed by atoms with Crippen molar-refractivity contribution in [1.82, 2.24) is 19.8 Å². The minimum atomic E-state index is -0.361. The average Bonchev–Trinajstić information content (AvgIpc) is 3.52. The first-order valence-electron chi connectivity index (χ1n) is 11.5. The van der Waals surface area contributed by atoms with Crippen LogP contribution in [0, 0.1) is 11.8 Å². The molecule has 2 unspecified atom stereocenters. The molecule has 2 aromatic heterocycles. The third-order valence-corrected chi connectivity index (χ3v) is 7.36. The van der Waals surface area contributed by atoms with Crippen molar-refractivity contribution in [3.8, 4) is 0 Å². The maximum Gasteiger partial charge on any atom is 0.410 e. The average molecular weight is 509 g/mol. The number of carbonyl (C=O) groups is 2. The Morgan fingerprint density at radius 1 is 0.914 bits per heavy atom. The molecule has 0 aliphatic carbocycles. The van der Waals surface area contributed by atoms with Gasteiger partial charge in [-0.05, 0) is 35.9 Å². The van der Waals surface area contributed by atoms with Gasteiger partial charge in [-0.1, -0.05) is 41.4 Å². The van der Waals surface area contributed by atoms with Crippen molar-refractivity contribution in [3.63, 3.8) is 0 Å². The van der Waals surface area contributed by atoms with Gasteiger partial charge >= 0.3 is 6.09 Å². The summed E-state index contributed by atoms with van der Waals surface area (Å²) in [6.07, 6.45) is 1.37. The van der Waals surface area contributed by atoms with Gasteiger partial charge in [0.15, 0.2) is 0 Å². The molecule has 2 atom stereocenters. The standard InChI is InChI=1S/C26H22Cl2N4O3/c27-18-5-15(6-19(28)7-18)14-35-26(34)32-12-16-10-31(11-17(16)13-32)25(33)23-8-21-20-3-1-2-4-22(20)30-24(21)9-29-23/h1-9,16-17,30H,10-14H2. The number of amides is 2. The van der Waals surface area contributed by atoms with E-state index in [1.165, 1.54) is 0 Å². The van der Waals surface area contributed by atoms with Crippen LogP contribution in [-0.4, -0.2) is 57.9 Å². The van der Waals surface area contributed by atoms with Gasteiger partial charge in [-0.25, -0.2) is 9.78 Å². The molecule has 4 aromatic rings.